The normalized spacial score (nSPS) is 18.9. The molecule has 3 rings (SSSR count). The van der Waals surface area contributed by atoms with Gasteiger partial charge in [0, 0.05) is 23.7 Å². The van der Waals surface area contributed by atoms with Crippen molar-refractivity contribution in [3.05, 3.63) is 59.7 Å². The average Bonchev–Trinajstić information content (AvgIpc) is 2.76. The molecule has 5 nitrogen and oxygen atoms in total. The predicted octanol–water partition coefficient (Wildman–Crippen LogP) is 5.70. The number of hydrogen-bond donors (Lipinski definition) is 0. The maximum atomic E-state index is 12.7. The standard InChI is InChI=1S/C25H30N2O3S/c1-25(2,3)30-24(28)27-13-12-23(19-8-10-21(29-4)11-9-19)20(16-27)17-31-22-7-5-6-18(14-22)15-26/h5-11,14,20,23H,12-13,16-17H2,1-4H3/t20?,23-/m0/s1. The summed E-state index contributed by atoms with van der Waals surface area (Å²) in [5.41, 5.74) is 1.42. The van der Waals surface area contributed by atoms with Crippen LogP contribution in [-0.4, -0.2) is 42.5 Å². The number of amides is 1. The lowest BCUT2D eigenvalue weighted by molar-refractivity contribution is 0.0158. The van der Waals surface area contributed by atoms with Crippen LogP contribution in [0.5, 0.6) is 5.75 Å². The minimum absolute atomic E-state index is 0.248. The lowest BCUT2D eigenvalue weighted by Gasteiger charge is -2.39. The number of methoxy groups -OCH3 is 1. The summed E-state index contributed by atoms with van der Waals surface area (Å²) in [6.45, 7) is 7.01. The minimum atomic E-state index is -0.508. The third kappa shape index (κ3) is 6.41. The third-order valence-electron chi connectivity index (χ3n) is 5.36. The number of likely N-dealkylation sites (tertiary alicyclic amines) is 1. The maximum absolute atomic E-state index is 12.7. The second-order valence-corrected chi connectivity index (χ2v) is 9.90. The Hall–Kier alpha value is -2.65. The van der Waals surface area contributed by atoms with Gasteiger partial charge < -0.3 is 14.4 Å². The molecular weight excluding hydrogens is 408 g/mol. The van der Waals surface area contributed by atoms with Gasteiger partial charge in [-0.25, -0.2) is 4.79 Å². The molecule has 2 aromatic carbocycles. The van der Waals surface area contributed by atoms with Crippen LogP contribution in [0.4, 0.5) is 4.79 Å². The molecule has 2 aromatic rings. The lowest BCUT2D eigenvalue weighted by atomic mass is 9.81. The van der Waals surface area contributed by atoms with Crippen molar-refractivity contribution < 1.29 is 14.3 Å². The van der Waals surface area contributed by atoms with Crippen LogP contribution in [0.15, 0.2) is 53.4 Å². The van der Waals surface area contributed by atoms with Gasteiger partial charge in [0.25, 0.3) is 0 Å². The third-order valence-corrected chi connectivity index (χ3v) is 6.54. The maximum Gasteiger partial charge on any atom is 0.410 e. The van der Waals surface area contributed by atoms with Gasteiger partial charge in [0.15, 0.2) is 0 Å². The van der Waals surface area contributed by atoms with Gasteiger partial charge in [0.05, 0.1) is 18.7 Å². The SMILES string of the molecule is COc1ccc([C@@H]2CCN(C(=O)OC(C)(C)C)CC2CSc2cccc(C#N)c2)cc1. The number of nitrogens with zero attached hydrogens (tertiary/aromatic N) is 2. The summed E-state index contributed by atoms with van der Waals surface area (Å²) in [6, 6.07) is 18.1. The number of nitriles is 1. The lowest BCUT2D eigenvalue weighted by Crippen LogP contribution is -2.45. The van der Waals surface area contributed by atoms with E-state index in [0.717, 1.165) is 22.8 Å². The molecule has 0 bridgehead atoms. The molecule has 1 heterocycles. The summed E-state index contributed by atoms with van der Waals surface area (Å²) in [5.74, 6) is 2.31. The van der Waals surface area contributed by atoms with E-state index in [4.69, 9.17) is 9.47 Å². The largest absolute Gasteiger partial charge is 0.497 e. The Morgan fingerprint density at radius 3 is 2.61 bits per heavy atom. The fraction of sp³-hybridized carbons (Fsp3) is 0.440. The van der Waals surface area contributed by atoms with Crippen molar-refractivity contribution in [2.24, 2.45) is 5.92 Å². The van der Waals surface area contributed by atoms with Crippen LogP contribution in [0.25, 0.3) is 0 Å². The highest BCUT2D eigenvalue weighted by molar-refractivity contribution is 7.99. The van der Waals surface area contributed by atoms with E-state index in [1.807, 2.05) is 62.1 Å². The number of piperidine rings is 1. The first-order valence-electron chi connectivity index (χ1n) is 10.5. The average molecular weight is 439 g/mol. The molecule has 1 saturated heterocycles. The van der Waals surface area contributed by atoms with Crippen molar-refractivity contribution in [2.45, 2.75) is 43.6 Å². The minimum Gasteiger partial charge on any atom is -0.497 e. The topological polar surface area (TPSA) is 62.6 Å². The number of carbonyl (C=O) groups is 1. The van der Waals surface area contributed by atoms with Crippen LogP contribution in [0.2, 0.25) is 0 Å². The smallest absolute Gasteiger partial charge is 0.410 e. The molecule has 0 aliphatic carbocycles. The summed E-state index contributed by atoms with van der Waals surface area (Å²) in [4.78, 5) is 15.6. The van der Waals surface area contributed by atoms with Gasteiger partial charge in [-0.15, -0.1) is 11.8 Å². The molecule has 0 saturated carbocycles. The van der Waals surface area contributed by atoms with Gasteiger partial charge in [-0.1, -0.05) is 18.2 Å². The number of hydrogen-bond acceptors (Lipinski definition) is 5. The fourth-order valence-corrected chi connectivity index (χ4v) is 4.97. The Labute approximate surface area is 189 Å². The van der Waals surface area contributed by atoms with Gasteiger partial charge >= 0.3 is 6.09 Å². The van der Waals surface area contributed by atoms with Gasteiger partial charge in [-0.05, 0) is 74.9 Å². The summed E-state index contributed by atoms with van der Waals surface area (Å²) in [6.07, 6.45) is 0.636. The molecule has 1 amide bonds. The number of rotatable bonds is 5. The molecule has 0 N–H and O–H groups in total. The molecule has 31 heavy (non-hydrogen) atoms. The highest BCUT2D eigenvalue weighted by Gasteiger charge is 2.34. The molecule has 164 valence electrons. The van der Waals surface area contributed by atoms with E-state index in [1.54, 1.807) is 18.9 Å². The first-order valence-corrected chi connectivity index (χ1v) is 11.5. The predicted molar refractivity (Wildman–Crippen MR) is 124 cm³/mol. The van der Waals surface area contributed by atoms with E-state index >= 15 is 0 Å². The number of thioether (sulfide) groups is 1. The summed E-state index contributed by atoms with van der Waals surface area (Å²) in [7, 11) is 1.67. The molecule has 0 radical (unpaired) electrons. The van der Waals surface area contributed by atoms with Crippen molar-refractivity contribution in [1.29, 1.82) is 5.26 Å². The zero-order valence-corrected chi connectivity index (χ0v) is 19.4. The molecule has 1 fully saturated rings. The Bertz CT molecular complexity index is 931. The van der Waals surface area contributed by atoms with Crippen molar-refractivity contribution in [1.82, 2.24) is 4.90 Å². The van der Waals surface area contributed by atoms with Gasteiger partial charge in [0.2, 0.25) is 0 Å². The first kappa shape index (κ1) is 23.0. The molecule has 0 aromatic heterocycles. The van der Waals surface area contributed by atoms with E-state index in [-0.39, 0.29) is 12.0 Å². The second kappa shape index (κ2) is 10.1. The van der Waals surface area contributed by atoms with Crippen molar-refractivity contribution in [3.63, 3.8) is 0 Å². The zero-order valence-electron chi connectivity index (χ0n) is 18.6. The van der Waals surface area contributed by atoms with Crippen LogP contribution in [0, 0.1) is 17.2 Å². The van der Waals surface area contributed by atoms with E-state index in [2.05, 4.69) is 18.2 Å². The Morgan fingerprint density at radius 2 is 1.97 bits per heavy atom. The number of ether oxygens (including phenoxy) is 2. The highest BCUT2D eigenvalue weighted by atomic mass is 32.2. The Balaban J connectivity index is 1.77. The second-order valence-electron chi connectivity index (χ2n) is 8.81. The van der Waals surface area contributed by atoms with E-state index in [1.165, 1.54) is 5.56 Å². The van der Waals surface area contributed by atoms with Gasteiger partial charge in [-0.2, -0.15) is 5.26 Å². The summed E-state index contributed by atoms with van der Waals surface area (Å²) >= 11 is 1.73. The molecule has 1 aliphatic rings. The van der Waals surface area contributed by atoms with Crippen molar-refractivity contribution in [2.75, 3.05) is 26.0 Å². The molecule has 6 heteroatoms. The van der Waals surface area contributed by atoms with E-state index < -0.39 is 5.60 Å². The van der Waals surface area contributed by atoms with Crippen LogP contribution >= 0.6 is 11.8 Å². The number of carbonyl (C=O) groups excluding carboxylic acids is 1. The quantitative estimate of drug-likeness (QED) is 0.560. The Kier molecular flexibility index (Phi) is 7.50. The highest BCUT2D eigenvalue weighted by Crippen LogP contribution is 2.37. The van der Waals surface area contributed by atoms with Crippen molar-refractivity contribution in [3.8, 4) is 11.8 Å². The molecule has 0 spiro atoms. The van der Waals surface area contributed by atoms with Crippen LogP contribution in [0.1, 0.15) is 44.2 Å². The van der Waals surface area contributed by atoms with Crippen LogP contribution < -0.4 is 4.74 Å². The number of benzene rings is 2. The van der Waals surface area contributed by atoms with Crippen LogP contribution in [-0.2, 0) is 4.74 Å². The van der Waals surface area contributed by atoms with E-state index in [0.29, 0.717) is 24.6 Å². The Morgan fingerprint density at radius 1 is 1.23 bits per heavy atom. The van der Waals surface area contributed by atoms with E-state index in [9.17, 15) is 10.1 Å². The molecule has 2 atom stereocenters. The summed E-state index contributed by atoms with van der Waals surface area (Å²) in [5, 5.41) is 9.17. The molecular formula is C25H30N2O3S. The summed E-state index contributed by atoms with van der Waals surface area (Å²) < 4.78 is 10.9. The van der Waals surface area contributed by atoms with Crippen LogP contribution in [0.3, 0.4) is 0 Å². The fourth-order valence-electron chi connectivity index (χ4n) is 3.84. The molecule has 1 unspecified atom stereocenters. The van der Waals surface area contributed by atoms with Gasteiger partial charge in [0.1, 0.15) is 11.4 Å². The molecule has 1 aliphatic heterocycles. The monoisotopic (exact) mass is 438 g/mol. The van der Waals surface area contributed by atoms with Gasteiger partial charge in [-0.3, -0.25) is 0 Å². The van der Waals surface area contributed by atoms with Crippen molar-refractivity contribution >= 4 is 17.9 Å². The first-order chi connectivity index (χ1) is 14.8. The zero-order chi connectivity index (χ0) is 22.4.